The first-order valence-corrected chi connectivity index (χ1v) is 3.20. The number of carbonyl (C=O) groups excluding carboxylic acids is 3. The summed E-state index contributed by atoms with van der Waals surface area (Å²) in [5.41, 5.74) is 0. The molecule has 12 heavy (non-hydrogen) atoms. The topological polar surface area (TPSA) is 72.9 Å². The monoisotopic (exact) mass is 173 g/mol. The van der Waals surface area contributed by atoms with Crippen LogP contribution in [0.25, 0.3) is 0 Å². The Balaban J connectivity index is 2.83. The maximum absolute atomic E-state index is 10.8. The molecule has 1 unspecified atom stereocenters. The van der Waals surface area contributed by atoms with Gasteiger partial charge in [-0.3, -0.25) is 0 Å². The average Bonchev–Trinajstić information content (AvgIpc) is 2.26. The van der Waals surface area contributed by atoms with Crippen LogP contribution in [0.2, 0.25) is 0 Å². The number of imide groups is 1. The summed E-state index contributed by atoms with van der Waals surface area (Å²) >= 11 is 0. The van der Waals surface area contributed by atoms with Crippen LogP contribution < -0.4 is 0 Å². The third-order valence-corrected chi connectivity index (χ3v) is 1.48. The number of esters is 1. The van der Waals surface area contributed by atoms with Crippen LogP contribution in [0.5, 0.6) is 0 Å². The molecule has 1 atom stereocenters. The minimum atomic E-state index is -0.987. The zero-order valence-corrected chi connectivity index (χ0v) is 6.57. The summed E-state index contributed by atoms with van der Waals surface area (Å²) in [6.45, 7) is 1.38. The van der Waals surface area contributed by atoms with E-state index in [1.165, 1.54) is 6.92 Å². The van der Waals surface area contributed by atoms with Crippen molar-refractivity contribution in [2.45, 2.75) is 13.0 Å². The highest BCUT2D eigenvalue weighted by atomic mass is 16.6. The average molecular weight is 173 g/mol. The largest absolute Gasteiger partial charge is 0.452 e. The van der Waals surface area contributed by atoms with E-state index in [0.717, 1.165) is 7.11 Å². The highest BCUT2D eigenvalue weighted by Crippen LogP contribution is 2.13. The summed E-state index contributed by atoms with van der Waals surface area (Å²) in [6.07, 6.45) is -1.88. The minimum absolute atomic E-state index is 0.613. The van der Waals surface area contributed by atoms with Gasteiger partial charge in [0, 0.05) is 0 Å². The molecule has 6 heteroatoms. The van der Waals surface area contributed by atoms with Gasteiger partial charge in [-0.15, -0.1) is 0 Å². The molecule has 1 aliphatic heterocycles. The zero-order valence-electron chi connectivity index (χ0n) is 6.57. The number of methoxy groups -OCH3 is 1. The molecule has 6 nitrogen and oxygen atoms in total. The number of hydrogen-bond donors (Lipinski definition) is 0. The van der Waals surface area contributed by atoms with Gasteiger partial charge in [0.15, 0.2) is 0 Å². The second kappa shape index (κ2) is 2.80. The highest BCUT2D eigenvalue weighted by Gasteiger charge is 2.42. The molecule has 0 aromatic heterocycles. The van der Waals surface area contributed by atoms with E-state index >= 15 is 0 Å². The van der Waals surface area contributed by atoms with E-state index < -0.39 is 24.2 Å². The van der Waals surface area contributed by atoms with Gasteiger partial charge in [-0.1, -0.05) is 0 Å². The van der Waals surface area contributed by atoms with Crippen molar-refractivity contribution in [1.29, 1.82) is 0 Å². The van der Waals surface area contributed by atoms with Gasteiger partial charge >= 0.3 is 18.2 Å². The van der Waals surface area contributed by atoms with E-state index in [4.69, 9.17) is 0 Å². The fourth-order valence-corrected chi connectivity index (χ4v) is 0.815. The van der Waals surface area contributed by atoms with Gasteiger partial charge < -0.3 is 9.47 Å². The Morgan fingerprint density at radius 3 is 2.50 bits per heavy atom. The van der Waals surface area contributed by atoms with E-state index in [1.54, 1.807) is 0 Å². The Bertz CT molecular complexity index is 248. The maximum atomic E-state index is 10.8. The van der Waals surface area contributed by atoms with Crippen LogP contribution in [-0.4, -0.2) is 36.2 Å². The van der Waals surface area contributed by atoms with Gasteiger partial charge in [-0.25, -0.2) is 14.4 Å². The van der Waals surface area contributed by atoms with E-state index in [1.807, 2.05) is 0 Å². The molecule has 0 N–H and O–H groups in total. The van der Waals surface area contributed by atoms with Crippen molar-refractivity contribution in [1.82, 2.24) is 4.90 Å². The quantitative estimate of drug-likeness (QED) is 0.384. The van der Waals surface area contributed by atoms with Crippen LogP contribution in [-0.2, 0) is 14.3 Å². The number of nitrogens with zero attached hydrogens (tertiary/aromatic N) is 1. The van der Waals surface area contributed by atoms with Crippen LogP contribution in [0.15, 0.2) is 0 Å². The molecular weight excluding hydrogens is 166 g/mol. The molecule has 1 heterocycles. The van der Waals surface area contributed by atoms with E-state index in [9.17, 15) is 14.4 Å². The number of amides is 2. The highest BCUT2D eigenvalue weighted by molar-refractivity contribution is 6.03. The van der Waals surface area contributed by atoms with Crippen LogP contribution in [0.1, 0.15) is 6.92 Å². The Morgan fingerprint density at radius 2 is 2.17 bits per heavy atom. The van der Waals surface area contributed by atoms with Gasteiger partial charge in [0.2, 0.25) is 0 Å². The molecule has 0 radical (unpaired) electrons. The lowest BCUT2D eigenvalue weighted by Gasteiger charge is -2.11. The summed E-state index contributed by atoms with van der Waals surface area (Å²) in [4.78, 5) is 32.9. The van der Waals surface area contributed by atoms with Crippen LogP contribution >= 0.6 is 0 Å². The molecule has 0 bridgehead atoms. The Kier molecular flexibility index (Phi) is 1.99. The molecule has 1 saturated heterocycles. The predicted molar refractivity (Wildman–Crippen MR) is 35.2 cm³/mol. The molecule has 1 rings (SSSR count). The van der Waals surface area contributed by atoms with Crippen LogP contribution in [0.3, 0.4) is 0 Å². The first kappa shape index (κ1) is 8.51. The van der Waals surface area contributed by atoms with Crippen molar-refractivity contribution in [3.05, 3.63) is 0 Å². The number of hydrogen-bond acceptors (Lipinski definition) is 5. The SMILES string of the molecule is COC(=O)N1C(=O)OC(=O)C1C. The molecule has 0 saturated carbocycles. The lowest BCUT2D eigenvalue weighted by atomic mass is 10.3. The second-order valence-electron chi connectivity index (χ2n) is 2.20. The molecule has 2 amide bonds. The van der Waals surface area contributed by atoms with Crippen molar-refractivity contribution in [2.75, 3.05) is 7.11 Å². The number of rotatable bonds is 0. The smallest absolute Gasteiger partial charge is 0.427 e. The van der Waals surface area contributed by atoms with Crippen LogP contribution in [0, 0.1) is 0 Å². The minimum Gasteiger partial charge on any atom is -0.452 e. The molecule has 66 valence electrons. The fraction of sp³-hybridized carbons (Fsp3) is 0.500. The lowest BCUT2D eigenvalue weighted by Crippen LogP contribution is -2.38. The fourth-order valence-electron chi connectivity index (χ4n) is 0.815. The van der Waals surface area contributed by atoms with Gasteiger partial charge in [0.25, 0.3) is 0 Å². The van der Waals surface area contributed by atoms with Gasteiger partial charge in [-0.05, 0) is 6.92 Å². The summed E-state index contributed by atoms with van der Waals surface area (Å²) < 4.78 is 8.41. The van der Waals surface area contributed by atoms with Crippen molar-refractivity contribution >= 4 is 18.2 Å². The predicted octanol–water partition coefficient (Wildman–Crippen LogP) is 0.120. The molecule has 0 aromatic carbocycles. The Labute approximate surface area is 68.0 Å². The van der Waals surface area contributed by atoms with Crippen molar-refractivity contribution in [2.24, 2.45) is 0 Å². The summed E-state index contributed by atoms with van der Waals surface area (Å²) in [5.74, 6) is -0.745. The molecule has 0 spiro atoms. The van der Waals surface area contributed by atoms with Crippen molar-refractivity contribution in [3.8, 4) is 0 Å². The Hall–Kier alpha value is -1.59. The van der Waals surface area contributed by atoms with Gasteiger partial charge in [0.05, 0.1) is 7.11 Å². The van der Waals surface area contributed by atoms with Gasteiger partial charge in [-0.2, -0.15) is 4.90 Å². The lowest BCUT2D eigenvalue weighted by molar-refractivity contribution is -0.135. The van der Waals surface area contributed by atoms with E-state index in [-0.39, 0.29) is 0 Å². The Morgan fingerprint density at radius 1 is 1.58 bits per heavy atom. The standard InChI is InChI=1S/C6H7NO5/c1-3-4(8)12-6(10)7(3)5(9)11-2/h3H,1-2H3. The van der Waals surface area contributed by atoms with Crippen LogP contribution in [0.4, 0.5) is 9.59 Å². The third kappa shape index (κ3) is 1.11. The first-order chi connectivity index (χ1) is 5.57. The molecule has 0 aliphatic carbocycles. The summed E-state index contributed by atoms with van der Waals surface area (Å²) in [5, 5.41) is 0. The molecule has 1 fully saturated rings. The number of cyclic esters (lactones) is 2. The molecule has 0 aromatic rings. The molecule has 1 aliphatic rings. The maximum Gasteiger partial charge on any atom is 0.427 e. The molecular formula is C6H7NO5. The number of carbonyl (C=O) groups is 3. The van der Waals surface area contributed by atoms with Gasteiger partial charge in [0.1, 0.15) is 6.04 Å². The van der Waals surface area contributed by atoms with Crippen molar-refractivity contribution < 1.29 is 23.9 Å². The first-order valence-electron chi connectivity index (χ1n) is 3.20. The normalized spacial score (nSPS) is 22.5. The second-order valence-corrected chi connectivity index (χ2v) is 2.20. The van der Waals surface area contributed by atoms with Crippen molar-refractivity contribution in [3.63, 3.8) is 0 Å². The summed E-state index contributed by atoms with van der Waals surface area (Å²) in [7, 11) is 1.12. The zero-order chi connectivity index (χ0) is 9.30. The van der Waals surface area contributed by atoms with E-state index in [0.29, 0.717) is 4.90 Å². The van der Waals surface area contributed by atoms with E-state index in [2.05, 4.69) is 9.47 Å². The summed E-state index contributed by atoms with van der Waals surface area (Å²) in [6, 6.07) is -0.898. The number of ether oxygens (including phenoxy) is 2. The third-order valence-electron chi connectivity index (χ3n) is 1.48.